The van der Waals surface area contributed by atoms with Gasteiger partial charge in [-0.3, -0.25) is 4.79 Å². The van der Waals surface area contributed by atoms with Crippen LogP contribution in [0.5, 0.6) is 0 Å². The van der Waals surface area contributed by atoms with Crippen LogP contribution in [0.15, 0.2) is 12.1 Å². The third kappa shape index (κ3) is 1.44. The van der Waals surface area contributed by atoms with E-state index in [1.165, 1.54) is 12.1 Å². The number of carbonyl (C=O) groups is 1. The molecule has 62 valence electrons. The van der Waals surface area contributed by atoms with Gasteiger partial charge in [-0.1, -0.05) is 0 Å². The third-order valence-corrected chi connectivity index (χ3v) is 1.43. The number of carboxylic acids is 1. The van der Waals surface area contributed by atoms with E-state index in [0.717, 1.165) is 0 Å². The molecule has 1 heterocycles. The largest absolute Gasteiger partial charge is 0.480 e. The Labute approximate surface area is 68.4 Å². The van der Waals surface area contributed by atoms with Crippen molar-refractivity contribution < 1.29 is 9.90 Å². The molecule has 1 atom stereocenters. The monoisotopic (exact) mass is 165 g/mol. The van der Waals surface area contributed by atoms with Gasteiger partial charge in [-0.15, -0.1) is 0 Å². The fourth-order valence-electron chi connectivity index (χ4n) is 0.792. The molecule has 0 amide bonds. The summed E-state index contributed by atoms with van der Waals surface area (Å²) in [4.78, 5) is 12.9. The Morgan fingerprint density at radius 3 is 2.83 bits per heavy atom. The molecule has 0 fully saturated rings. The molecular weight excluding hydrogens is 158 g/mol. The van der Waals surface area contributed by atoms with Gasteiger partial charge < -0.3 is 15.8 Å². The Morgan fingerprint density at radius 2 is 2.42 bits per heavy atom. The van der Waals surface area contributed by atoms with Gasteiger partial charge >= 0.3 is 5.97 Å². The van der Waals surface area contributed by atoms with Crippen LogP contribution in [0, 0.1) is 11.3 Å². The summed E-state index contributed by atoms with van der Waals surface area (Å²) in [6.07, 6.45) is 0. The topological polar surface area (TPSA) is 103 Å². The molecule has 1 aromatic heterocycles. The number of nitriles is 1. The zero-order valence-electron chi connectivity index (χ0n) is 6.11. The highest BCUT2D eigenvalue weighted by Crippen LogP contribution is 2.08. The average Bonchev–Trinajstić information content (AvgIpc) is 2.50. The first-order chi connectivity index (χ1) is 5.65. The molecular formula is C7H7N3O2. The summed E-state index contributed by atoms with van der Waals surface area (Å²) in [6, 6.07) is 3.71. The van der Waals surface area contributed by atoms with Crippen molar-refractivity contribution in [1.29, 1.82) is 5.26 Å². The van der Waals surface area contributed by atoms with Crippen LogP contribution >= 0.6 is 0 Å². The lowest BCUT2D eigenvalue weighted by atomic mass is 10.2. The van der Waals surface area contributed by atoms with E-state index in [1.807, 2.05) is 6.07 Å². The Balaban J connectivity index is 2.90. The number of aliphatic carboxylic acids is 1. The van der Waals surface area contributed by atoms with Crippen LogP contribution in [0.4, 0.5) is 0 Å². The van der Waals surface area contributed by atoms with E-state index >= 15 is 0 Å². The summed E-state index contributed by atoms with van der Waals surface area (Å²) < 4.78 is 0. The molecule has 1 aromatic rings. The number of aromatic amines is 1. The van der Waals surface area contributed by atoms with Gasteiger partial charge in [0.05, 0.1) is 0 Å². The minimum absolute atomic E-state index is 0.307. The molecule has 0 bridgehead atoms. The fraction of sp³-hybridized carbons (Fsp3) is 0.143. The molecule has 5 heteroatoms. The molecule has 5 nitrogen and oxygen atoms in total. The predicted octanol–water partition coefficient (Wildman–Crippen LogP) is -0.0292. The second kappa shape index (κ2) is 3.07. The van der Waals surface area contributed by atoms with Crippen molar-refractivity contribution in [2.24, 2.45) is 5.73 Å². The number of carboxylic acid groups (broad SMARTS) is 1. The van der Waals surface area contributed by atoms with Crippen molar-refractivity contribution in [2.75, 3.05) is 0 Å². The second-order valence-corrected chi connectivity index (χ2v) is 2.26. The van der Waals surface area contributed by atoms with Crippen molar-refractivity contribution in [3.05, 3.63) is 23.5 Å². The number of nitrogens with zero attached hydrogens (tertiary/aromatic N) is 1. The first kappa shape index (κ1) is 8.30. The zero-order valence-corrected chi connectivity index (χ0v) is 6.11. The van der Waals surface area contributed by atoms with Gasteiger partial charge in [0.25, 0.3) is 0 Å². The molecule has 1 unspecified atom stereocenters. The maximum absolute atomic E-state index is 10.4. The van der Waals surface area contributed by atoms with Crippen LogP contribution in [0.2, 0.25) is 0 Å². The molecule has 0 saturated heterocycles. The molecule has 0 saturated carbocycles. The molecule has 12 heavy (non-hydrogen) atoms. The van der Waals surface area contributed by atoms with E-state index in [4.69, 9.17) is 16.1 Å². The standard InChI is InChI=1S/C7H7N3O2/c8-3-4-1-2-5(10-4)6(9)7(11)12/h1-2,6,10H,9H2,(H,11,12). The van der Waals surface area contributed by atoms with E-state index in [2.05, 4.69) is 4.98 Å². The van der Waals surface area contributed by atoms with Crippen LogP contribution in [0.25, 0.3) is 0 Å². The van der Waals surface area contributed by atoms with Crippen LogP contribution in [0.1, 0.15) is 17.4 Å². The SMILES string of the molecule is N#Cc1ccc(C(N)C(=O)O)[nH]1. The number of nitrogens with one attached hydrogen (secondary N) is 1. The summed E-state index contributed by atoms with van der Waals surface area (Å²) in [5.74, 6) is -1.12. The number of H-pyrrole nitrogens is 1. The highest BCUT2D eigenvalue weighted by Gasteiger charge is 2.15. The minimum atomic E-state index is -1.12. The van der Waals surface area contributed by atoms with Crippen LogP contribution < -0.4 is 5.73 Å². The highest BCUT2D eigenvalue weighted by atomic mass is 16.4. The molecule has 4 N–H and O–H groups in total. The van der Waals surface area contributed by atoms with E-state index in [-0.39, 0.29) is 0 Å². The van der Waals surface area contributed by atoms with Gasteiger partial charge in [-0.25, -0.2) is 0 Å². The third-order valence-electron chi connectivity index (χ3n) is 1.43. The van der Waals surface area contributed by atoms with Crippen molar-refractivity contribution in [1.82, 2.24) is 4.98 Å². The van der Waals surface area contributed by atoms with Crippen LogP contribution in [-0.2, 0) is 4.79 Å². The molecule has 0 spiro atoms. The van der Waals surface area contributed by atoms with Crippen LogP contribution in [0.3, 0.4) is 0 Å². The van der Waals surface area contributed by atoms with Gasteiger partial charge in [0, 0.05) is 5.69 Å². The number of nitrogens with two attached hydrogens (primary N) is 1. The summed E-state index contributed by atoms with van der Waals surface area (Å²) in [6.45, 7) is 0. The van der Waals surface area contributed by atoms with Crippen LogP contribution in [-0.4, -0.2) is 16.1 Å². The number of hydrogen-bond acceptors (Lipinski definition) is 3. The van der Waals surface area contributed by atoms with E-state index in [1.54, 1.807) is 0 Å². The molecule has 1 rings (SSSR count). The van der Waals surface area contributed by atoms with Gasteiger partial charge in [-0.05, 0) is 12.1 Å². The second-order valence-electron chi connectivity index (χ2n) is 2.26. The van der Waals surface area contributed by atoms with E-state index in [9.17, 15) is 4.79 Å². The van der Waals surface area contributed by atoms with Crippen molar-refractivity contribution in [3.8, 4) is 6.07 Å². The van der Waals surface area contributed by atoms with Crippen molar-refractivity contribution >= 4 is 5.97 Å². The van der Waals surface area contributed by atoms with E-state index < -0.39 is 12.0 Å². The summed E-state index contributed by atoms with van der Waals surface area (Å²) in [5.41, 5.74) is 5.91. The van der Waals surface area contributed by atoms with Gasteiger partial charge in [0.1, 0.15) is 17.8 Å². The van der Waals surface area contributed by atoms with E-state index in [0.29, 0.717) is 11.4 Å². The van der Waals surface area contributed by atoms with Gasteiger partial charge in [0.15, 0.2) is 0 Å². The Kier molecular flexibility index (Phi) is 2.12. The zero-order chi connectivity index (χ0) is 9.14. The highest BCUT2D eigenvalue weighted by molar-refractivity contribution is 5.74. The van der Waals surface area contributed by atoms with Crippen molar-refractivity contribution in [3.63, 3.8) is 0 Å². The lowest BCUT2D eigenvalue weighted by molar-refractivity contribution is -0.138. The first-order valence-corrected chi connectivity index (χ1v) is 3.22. The van der Waals surface area contributed by atoms with Gasteiger partial charge in [0.2, 0.25) is 0 Å². The summed E-state index contributed by atoms with van der Waals surface area (Å²) in [7, 11) is 0. The molecule has 0 aromatic carbocycles. The minimum Gasteiger partial charge on any atom is -0.480 e. The number of aromatic nitrogens is 1. The van der Waals surface area contributed by atoms with Crippen molar-refractivity contribution in [2.45, 2.75) is 6.04 Å². The maximum atomic E-state index is 10.4. The summed E-state index contributed by atoms with van der Waals surface area (Å²) in [5, 5.41) is 16.9. The predicted molar refractivity (Wildman–Crippen MR) is 40.1 cm³/mol. The molecule has 0 aliphatic heterocycles. The summed E-state index contributed by atoms with van der Waals surface area (Å²) >= 11 is 0. The first-order valence-electron chi connectivity index (χ1n) is 3.22. The maximum Gasteiger partial charge on any atom is 0.326 e. The molecule has 0 aliphatic rings. The average molecular weight is 165 g/mol. The fourth-order valence-corrected chi connectivity index (χ4v) is 0.792. The Morgan fingerprint density at radius 1 is 1.75 bits per heavy atom. The smallest absolute Gasteiger partial charge is 0.326 e. The number of hydrogen-bond donors (Lipinski definition) is 3. The quantitative estimate of drug-likeness (QED) is 0.572. The normalized spacial score (nSPS) is 12.0. The lowest BCUT2D eigenvalue weighted by Crippen LogP contribution is -2.20. The Hall–Kier alpha value is -1.80. The number of rotatable bonds is 2. The molecule has 0 radical (unpaired) electrons. The molecule has 0 aliphatic carbocycles. The lowest BCUT2D eigenvalue weighted by Gasteiger charge is -2.01. The Bertz CT molecular complexity index is 337. The van der Waals surface area contributed by atoms with Gasteiger partial charge in [-0.2, -0.15) is 5.26 Å².